The van der Waals surface area contributed by atoms with Crippen LogP contribution in [0.5, 0.6) is 0 Å². The van der Waals surface area contributed by atoms with Gasteiger partial charge in [0.2, 0.25) is 0 Å². The van der Waals surface area contributed by atoms with Crippen LogP contribution in [0, 0.1) is 11.6 Å². The van der Waals surface area contributed by atoms with Crippen molar-refractivity contribution in [2.45, 2.75) is 110 Å². The Kier molecular flexibility index (Phi) is 16.3. The molecule has 1 rings (SSSR count). The van der Waals surface area contributed by atoms with E-state index in [2.05, 4.69) is 6.92 Å². The lowest BCUT2D eigenvalue weighted by atomic mass is 10.0. The largest absolute Gasteiger partial charge is 0.466 e. The molecule has 0 spiro atoms. The minimum atomic E-state index is -0.647. The Bertz CT molecular complexity index is 649. The Hall–Kier alpha value is -1.98. The second-order valence-corrected chi connectivity index (χ2v) is 8.36. The van der Waals surface area contributed by atoms with Crippen LogP contribution in [0.1, 0.15) is 109 Å². The fraction of sp³-hybridized carbons (Fsp3) is 0.692. The summed E-state index contributed by atoms with van der Waals surface area (Å²) in [7, 11) is 0. The molecule has 1 aromatic carbocycles. The maximum Gasteiger partial charge on any atom is 0.306 e. The van der Waals surface area contributed by atoms with Crippen molar-refractivity contribution in [3.63, 3.8) is 0 Å². The average Bonchev–Trinajstić information content (AvgIpc) is 2.78. The zero-order valence-electron chi connectivity index (χ0n) is 19.6. The molecule has 0 radical (unpaired) electrons. The topological polar surface area (TPSA) is 52.6 Å². The van der Waals surface area contributed by atoms with Crippen LogP contribution in [-0.2, 0) is 25.7 Å². The zero-order chi connectivity index (χ0) is 23.4. The van der Waals surface area contributed by atoms with Crippen LogP contribution >= 0.6 is 0 Å². The summed E-state index contributed by atoms with van der Waals surface area (Å²) in [6.45, 7) is 2.24. The van der Waals surface area contributed by atoms with E-state index < -0.39 is 23.6 Å². The second-order valence-electron chi connectivity index (χ2n) is 8.36. The van der Waals surface area contributed by atoms with Crippen molar-refractivity contribution in [3.05, 3.63) is 35.4 Å². The Balaban J connectivity index is 1.91. The molecule has 0 heterocycles. The highest BCUT2D eigenvalue weighted by Gasteiger charge is 2.11. The molecule has 4 nitrogen and oxygen atoms in total. The Morgan fingerprint density at radius 1 is 0.719 bits per heavy atom. The van der Waals surface area contributed by atoms with Crippen LogP contribution in [0.25, 0.3) is 0 Å². The fourth-order valence-corrected chi connectivity index (χ4v) is 3.47. The van der Waals surface area contributed by atoms with Gasteiger partial charge >= 0.3 is 11.9 Å². The molecule has 0 atom stereocenters. The molecule has 0 N–H and O–H groups in total. The maximum atomic E-state index is 13.5. The van der Waals surface area contributed by atoms with Crippen molar-refractivity contribution in [2.24, 2.45) is 0 Å². The quantitative estimate of drug-likeness (QED) is 0.161. The first-order chi connectivity index (χ1) is 15.5. The summed E-state index contributed by atoms with van der Waals surface area (Å²) in [5.74, 6) is -2.34. The minimum Gasteiger partial charge on any atom is -0.466 e. The van der Waals surface area contributed by atoms with E-state index in [4.69, 9.17) is 9.47 Å². The third-order valence-electron chi connectivity index (χ3n) is 5.44. The van der Waals surface area contributed by atoms with Crippen molar-refractivity contribution >= 4 is 11.9 Å². The van der Waals surface area contributed by atoms with Gasteiger partial charge in [0.05, 0.1) is 19.4 Å². The van der Waals surface area contributed by atoms with Gasteiger partial charge < -0.3 is 9.47 Å². The van der Waals surface area contributed by atoms with Gasteiger partial charge in [-0.15, -0.1) is 0 Å². The smallest absolute Gasteiger partial charge is 0.306 e. The predicted molar refractivity (Wildman–Crippen MR) is 122 cm³/mol. The molecular formula is C26H40F2O4. The molecule has 0 saturated heterocycles. The normalized spacial score (nSPS) is 10.8. The number of benzene rings is 1. The maximum absolute atomic E-state index is 13.5. The predicted octanol–water partition coefficient (Wildman–Crippen LogP) is 7.42. The van der Waals surface area contributed by atoms with E-state index in [9.17, 15) is 18.4 Å². The molecule has 32 heavy (non-hydrogen) atoms. The number of halogens is 2. The summed E-state index contributed by atoms with van der Waals surface area (Å²) in [5.41, 5.74) is -0.0386. The molecule has 0 unspecified atom stereocenters. The van der Waals surface area contributed by atoms with Crippen LogP contribution in [-0.4, -0.2) is 18.5 Å². The molecule has 6 heteroatoms. The lowest BCUT2D eigenvalue weighted by Gasteiger charge is -2.07. The summed E-state index contributed by atoms with van der Waals surface area (Å²) < 4.78 is 36.6. The Labute approximate surface area is 192 Å². The number of esters is 2. The summed E-state index contributed by atoms with van der Waals surface area (Å²) in [4.78, 5) is 23.4. The molecule has 0 fully saturated rings. The molecule has 0 aliphatic rings. The SMILES string of the molecule is CCCCCCCCCCCCCCCOC(=O)CCC(=O)OCc1cc(F)ccc1F. The number of rotatable bonds is 19. The van der Waals surface area contributed by atoms with E-state index >= 15 is 0 Å². The lowest BCUT2D eigenvalue weighted by Crippen LogP contribution is -2.11. The van der Waals surface area contributed by atoms with Crippen molar-refractivity contribution < 1.29 is 27.8 Å². The van der Waals surface area contributed by atoms with Crippen LogP contribution in [0.15, 0.2) is 18.2 Å². The van der Waals surface area contributed by atoms with Crippen molar-refractivity contribution in [3.8, 4) is 0 Å². The number of carbonyl (C=O) groups is 2. The van der Waals surface area contributed by atoms with Crippen molar-refractivity contribution in [1.82, 2.24) is 0 Å². The lowest BCUT2D eigenvalue weighted by molar-refractivity contribution is -0.151. The van der Waals surface area contributed by atoms with Gasteiger partial charge in [0, 0.05) is 5.56 Å². The number of hydrogen-bond acceptors (Lipinski definition) is 4. The van der Waals surface area contributed by atoms with Gasteiger partial charge in [0.25, 0.3) is 0 Å². The summed E-state index contributed by atoms with van der Waals surface area (Å²) in [5, 5.41) is 0. The number of ether oxygens (including phenoxy) is 2. The van der Waals surface area contributed by atoms with E-state index in [-0.39, 0.29) is 25.0 Å². The van der Waals surface area contributed by atoms with Gasteiger partial charge in [-0.3, -0.25) is 9.59 Å². The first-order valence-corrected chi connectivity index (χ1v) is 12.3. The van der Waals surface area contributed by atoms with E-state index in [1.807, 2.05) is 0 Å². The molecule has 0 amide bonds. The van der Waals surface area contributed by atoms with Crippen LogP contribution < -0.4 is 0 Å². The van der Waals surface area contributed by atoms with Crippen molar-refractivity contribution in [2.75, 3.05) is 6.61 Å². The average molecular weight is 455 g/mol. The van der Waals surface area contributed by atoms with Crippen LogP contribution in [0.2, 0.25) is 0 Å². The number of unbranched alkanes of at least 4 members (excludes halogenated alkanes) is 12. The highest BCUT2D eigenvalue weighted by Crippen LogP contribution is 2.13. The molecule has 0 bridgehead atoms. The van der Waals surface area contributed by atoms with E-state index in [0.717, 1.165) is 37.5 Å². The molecule has 182 valence electrons. The minimum absolute atomic E-state index is 0.0386. The van der Waals surface area contributed by atoms with Gasteiger partial charge in [-0.1, -0.05) is 84.0 Å². The summed E-state index contributed by atoms with van der Waals surface area (Å²) >= 11 is 0. The van der Waals surface area contributed by atoms with Gasteiger partial charge in [-0.2, -0.15) is 0 Å². The molecular weight excluding hydrogens is 414 g/mol. The van der Waals surface area contributed by atoms with Gasteiger partial charge in [-0.05, 0) is 24.6 Å². The van der Waals surface area contributed by atoms with E-state index in [0.29, 0.717) is 6.61 Å². The number of carbonyl (C=O) groups excluding carboxylic acids is 2. The first kappa shape index (κ1) is 28.1. The third-order valence-corrected chi connectivity index (χ3v) is 5.44. The number of hydrogen-bond donors (Lipinski definition) is 0. The van der Waals surface area contributed by atoms with E-state index in [1.165, 1.54) is 64.2 Å². The molecule has 0 aromatic heterocycles. The highest BCUT2D eigenvalue weighted by atomic mass is 19.1. The van der Waals surface area contributed by atoms with E-state index in [1.54, 1.807) is 0 Å². The Morgan fingerprint density at radius 3 is 1.78 bits per heavy atom. The zero-order valence-corrected chi connectivity index (χ0v) is 19.6. The first-order valence-electron chi connectivity index (χ1n) is 12.3. The molecule has 0 saturated carbocycles. The van der Waals surface area contributed by atoms with Crippen LogP contribution in [0.4, 0.5) is 8.78 Å². The van der Waals surface area contributed by atoms with Gasteiger partial charge in [-0.25, -0.2) is 8.78 Å². The third kappa shape index (κ3) is 14.9. The molecule has 0 aliphatic heterocycles. The monoisotopic (exact) mass is 454 g/mol. The van der Waals surface area contributed by atoms with Crippen molar-refractivity contribution in [1.29, 1.82) is 0 Å². The second kappa shape index (κ2) is 18.6. The van der Waals surface area contributed by atoms with Crippen LogP contribution in [0.3, 0.4) is 0 Å². The summed E-state index contributed by atoms with van der Waals surface area (Å²) in [6.07, 6.45) is 16.1. The van der Waals surface area contributed by atoms with Gasteiger partial charge in [0.1, 0.15) is 18.2 Å². The molecule has 0 aliphatic carbocycles. The highest BCUT2D eigenvalue weighted by molar-refractivity contribution is 5.77. The standard InChI is InChI=1S/C26H40F2O4/c1-2-3-4-5-6-7-8-9-10-11-12-13-14-19-31-25(29)17-18-26(30)32-21-22-20-23(27)15-16-24(22)28/h15-16,20H,2-14,17-19,21H2,1H3. The Morgan fingerprint density at radius 2 is 1.22 bits per heavy atom. The van der Waals surface area contributed by atoms with Gasteiger partial charge in [0.15, 0.2) is 0 Å². The summed E-state index contributed by atoms with van der Waals surface area (Å²) in [6, 6.07) is 2.95. The fourth-order valence-electron chi connectivity index (χ4n) is 3.47. The molecule has 1 aromatic rings.